The Hall–Kier alpha value is -1.03. The number of nitrogens with one attached hydrogen (secondary N) is 1. The third-order valence-corrected chi connectivity index (χ3v) is 2.91. The Kier molecular flexibility index (Phi) is 4.35. The molecular weight excluding hydrogens is 202 g/mol. The van der Waals surface area contributed by atoms with E-state index in [0.29, 0.717) is 6.54 Å². The van der Waals surface area contributed by atoms with Crippen LogP contribution in [-0.4, -0.2) is 54.1 Å². The summed E-state index contributed by atoms with van der Waals surface area (Å²) in [6.45, 7) is 14.3. The summed E-state index contributed by atoms with van der Waals surface area (Å²) in [6, 6.07) is 0.0217. The summed E-state index contributed by atoms with van der Waals surface area (Å²) in [7, 11) is 0. The molecule has 0 saturated carbocycles. The number of urea groups is 1. The van der Waals surface area contributed by atoms with Crippen molar-refractivity contribution in [1.82, 2.24) is 15.1 Å². The first-order chi connectivity index (χ1) is 7.45. The SMILES string of the molecule is C=CCNC(=O)N1CCN(C(C)(C)C)CC1. The van der Waals surface area contributed by atoms with Crippen molar-refractivity contribution in [2.75, 3.05) is 32.7 Å². The topological polar surface area (TPSA) is 35.6 Å². The molecule has 0 atom stereocenters. The average molecular weight is 225 g/mol. The second-order valence-electron chi connectivity index (χ2n) is 5.12. The van der Waals surface area contributed by atoms with Gasteiger partial charge in [0.25, 0.3) is 0 Å². The molecule has 0 aromatic heterocycles. The minimum absolute atomic E-state index is 0.0217. The van der Waals surface area contributed by atoms with Gasteiger partial charge in [-0.25, -0.2) is 4.79 Å². The lowest BCUT2D eigenvalue weighted by atomic mass is 10.1. The Morgan fingerprint density at radius 3 is 2.31 bits per heavy atom. The van der Waals surface area contributed by atoms with E-state index in [0.717, 1.165) is 26.2 Å². The Bertz CT molecular complexity index is 249. The molecule has 1 fully saturated rings. The Balaban J connectivity index is 2.37. The molecule has 0 bridgehead atoms. The van der Waals surface area contributed by atoms with Crippen LogP contribution in [-0.2, 0) is 0 Å². The van der Waals surface area contributed by atoms with Crippen LogP contribution in [0.2, 0.25) is 0 Å². The number of hydrogen-bond acceptors (Lipinski definition) is 2. The summed E-state index contributed by atoms with van der Waals surface area (Å²) in [6.07, 6.45) is 1.70. The number of carbonyl (C=O) groups is 1. The Morgan fingerprint density at radius 1 is 1.31 bits per heavy atom. The van der Waals surface area contributed by atoms with Gasteiger partial charge in [0, 0.05) is 38.3 Å². The average Bonchev–Trinajstić information content (AvgIpc) is 2.25. The number of rotatable bonds is 2. The monoisotopic (exact) mass is 225 g/mol. The van der Waals surface area contributed by atoms with Crippen molar-refractivity contribution < 1.29 is 4.79 Å². The van der Waals surface area contributed by atoms with Gasteiger partial charge in [-0.05, 0) is 20.8 Å². The lowest BCUT2D eigenvalue weighted by molar-refractivity contribution is 0.0746. The van der Waals surface area contributed by atoms with E-state index in [2.05, 4.69) is 37.6 Å². The van der Waals surface area contributed by atoms with Crippen molar-refractivity contribution in [3.8, 4) is 0 Å². The molecule has 0 unspecified atom stereocenters. The van der Waals surface area contributed by atoms with E-state index >= 15 is 0 Å². The Morgan fingerprint density at radius 2 is 1.88 bits per heavy atom. The highest BCUT2D eigenvalue weighted by Crippen LogP contribution is 2.15. The van der Waals surface area contributed by atoms with Crippen LogP contribution in [0.5, 0.6) is 0 Å². The fraction of sp³-hybridized carbons (Fsp3) is 0.750. The first-order valence-corrected chi connectivity index (χ1v) is 5.84. The van der Waals surface area contributed by atoms with Gasteiger partial charge in [0.15, 0.2) is 0 Å². The van der Waals surface area contributed by atoms with E-state index < -0.39 is 0 Å². The molecular formula is C12H23N3O. The molecule has 1 heterocycles. The van der Waals surface area contributed by atoms with Crippen LogP contribution in [0.4, 0.5) is 4.79 Å². The van der Waals surface area contributed by atoms with Gasteiger partial charge in [0.1, 0.15) is 0 Å². The zero-order valence-electron chi connectivity index (χ0n) is 10.6. The summed E-state index contributed by atoms with van der Waals surface area (Å²) in [5, 5.41) is 2.81. The van der Waals surface area contributed by atoms with E-state index in [-0.39, 0.29) is 11.6 Å². The summed E-state index contributed by atoms with van der Waals surface area (Å²) >= 11 is 0. The molecule has 0 aromatic rings. The molecule has 4 heteroatoms. The molecule has 92 valence electrons. The van der Waals surface area contributed by atoms with Gasteiger partial charge >= 0.3 is 6.03 Å². The molecule has 1 N–H and O–H groups in total. The Labute approximate surface area is 98.3 Å². The lowest BCUT2D eigenvalue weighted by Crippen LogP contribution is -2.56. The van der Waals surface area contributed by atoms with Crippen molar-refractivity contribution in [2.24, 2.45) is 0 Å². The number of hydrogen-bond donors (Lipinski definition) is 1. The molecule has 1 aliphatic rings. The van der Waals surface area contributed by atoms with Crippen LogP contribution in [0.15, 0.2) is 12.7 Å². The quantitative estimate of drug-likeness (QED) is 0.719. The number of piperazine rings is 1. The molecule has 2 amide bonds. The number of amides is 2. The van der Waals surface area contributed by atoms with E-state index in [1.54, 1.807) is 6.08 Å². The van der Waals surface area contributed by atoms with Gasteiger partial charge in [-0.15, -0.1) is 6.58 Å². The van der Waals surface area contributed by atoms with Crippen LogP contribution >= 0.6 is 0 Å². The van der Waals surface area contributed by atoms with Crippen molar-refractivity contribution in [3.05, 3.63) is 12.7 Å². The van der Waals surface area contributed by atoms with Crippen LogP contribution in [0.25, 0.3) is 0 Å². The fourth-order valence-corrected chi connectivity index (χ4v) is 1.85. The van der Waals surface area contributed by atoms with E-state index in [1.807, 2.05) is 4.90 Å². The smallest absolute Gasteiger partial charge is 0.317 e. The van der Waals surface area contributed by atoms with Crippen molar-refractivity contribution in [3.63, 3.8) is 0 Å². The largest absolute Gasteiger partial charge is 0.335 e. The highest BCUT2D eigenvalue weighted by Gasteiger charge is 2.27. The van der Waals surface area contributed by atoms with Gasteiger partial charge in [-0.3, -0.25) is 4.90 Å². The summed E-state index contributed by atoms with van der Waals surface area (Å²) in [4.78, 5) is 15.9. The standard InChI is InChI=1S/C12H23N3O/c1-5-6-13-11(16)14-7-9-15(10-8-14)12(2,3)4/h5H,1,6-10H2,2-4H3,(H,13,16). The maximum atomic E-state index is 11.7. The normalized spacial score (nSPS) is 18.3. The molecule has 16 heavy (non-hydrogen) atoms. The molecule has 1 aliphatic heterocycles. The molecule has 1 saturated heterocycles. The molecule has 4 nitrogen and oxygen atoms in total. The van der Waals surface area contributed by atoms with Crippen molar-refractivity contribution in [2.45, 2.75) is 26.3 Å². The maximum Gasteiger partial charge on any atom is 0.317 e. The van der Waals surface area contributed by atoms with Gasteiger partial charge < -0.3 is 10.2 Å². The van der Waals surface area contributed by atoms with Crippen molar-refractivity contribution in [1.29, 1.82) is 0 Å². The van der Waals surface area contributed by atoms with Gasteiger partial charge in [0.05, 0.1) is 0 Å². The molecule has 0 radical (unpaired) electrons. The highest BCUT2D eigenvalue weighted by atomic mass is 16.2. The van der Waals surface area contributed by atoms with Gasteiger partial charge in [-0.1, -0.05) is 6.08 Å². The van der Waals surface area contributed by atoms with E-state index in [1.165, 1.54) is 0 Å². The molecule has 0 aromatic carbocycles. The third kappa shape index (κ3) is 3.52. The fourth-order valence-electron chi connectivity index (χ4n) is 1.85. The molecule has 0 aliphatic carbocycles. The first-order valence-electron chi connectivity index (χ1n) is 5.84. The zero-order valence-corrected chi connectivity index (χ0v) is 10.6. The maximum absolute atomic E-state index is 11.7. The van der Waals surface area contributed by atoms with Crippen molar-refractivity contribution >= 4 is 6.03 Å². The third-order valence-electron chi connectivity index (χ3n) is 2.91. The van der Waals surface area contributed by atoms with Crippen LogP contribution < -0.4 is 5.32 Å². The molecule has 0 spiro atoms. The van der Waals surface area contributed by atoms with E-state index in [4.69, 9.17) is 0 Å². The van der Waals surface area contributed by atoms with Crippen LogP contribution in [0, 0.1) is 0 Å². The summed E-state index contributed by atoms with van der Waals surface area (Å²) in [5.41, 5.74) is 0.198. The number of nitrogens with zero attached hydrogens (tertiary/aromatic N) is 2. The second-order valence-corrected chi connectivity index (χ2v) is 5.12. The van der Waals surface area contributed by atoms with Crippen LogP contribution in [0.3, 0.4) is 0 Å². The first kappa shape index (κ1) is 13.0. The second kappa shape index (κ2) is 5.34. The van der Waals surface area contributed by atoms with Crippen LogP contribution in [0.1, 0.15) is 20.8 Å². The minimum Gasteiger partial charge on any atom is -0.335 e. The summed E-state index contributed by atoms with van der Waals surface area (Å²) < 4.78 is 0. The number of carbonyl (C=O) groups excluding carboxylic acids is 1. The lowest BCUT2D eigenvalue weighted by Gasteiger charge is -2.42. The molecule has 1 rings (SSSR count). The van der Waals surface area contributed by atoms with Gasteiger partial charge in [-0.2, -0.15) is 0 Å². The predicted octanol–water partition coefficient (Wildman–Crippen LogP) is 1.30. The zero-order chi connectivity index (χ0) is 12.2. The van der Waals surface area contributed by atoms with E-state index in [9.17, 15) is 4.79 Å². The van der Waals surface area contributed by atoms with Gasteiger partial charge in [0.2, 0.25) is 0 Å². The highest BCUT2D eigenvalue weighted by molar-refractivity contribution is 5.74. The minimum atomic E-state index is 0.0217. The summed E-state index contributed by atoms with van der Waals surface area (Å²) in [5.74, 6) is 0. The predicted molar refractivity (Wildman–Crippen MR) is 66.5 cm³/mol.